The van der Waals surface area contributed by atoms with Crippen LogP contribution in [0.1, 0.15) is 19.8 Å². The lowest BCUT2D eigenvalue weighted by Gasteiger charge is -2.41. The molecule has 100 valence electrons. The molecule has 2 heterocycles. The van der Waals surface area contributed by atoms with Crippen LogP contribution >= 0.6 is 0 Å². The van der Waals surface area contributed by atoms with Crippen LogP contribution in [0.25, 0.3) is 0 Å². The molecule has 3 unspecified atom stereocenters. The number of likely N-dealkylation sites (tertiary alicyclic amines) is 1. The maximum atomic E-state index is 11.7. The van der Waals surface area contributed by atoms with E-state index in [1.807, 2.05) is 14.0 Å². The first-order valence-electron chi connectivity index (χ1n) is 6.07. The lowest BCUT2D eigenvalue weighted by atomic mass is 9.70. The average Bonchev–Trinajstić information content (AvgIpc) is 2.67. The fourth-order valence-corrected chi connectivity index (χ4v) is 5.51. The molecule has 0 aromatic carbocycles. The Bertz CT molecular complexity index is 399. The minimum atomic E-state index is -3.04. The van der Waals surface area contributed by atoms with E-state index in [-0.39, 0.29) is 24.1 Å². The summed E-state index contributed by atoms with van der Waals surface area (Å²) >= 11 is 0. The molecule has 2 fully saturated rings. The Hall–Kier alpha value is -0.170. The van der Waals surface area contributed by atoms with E-state index in [0.717, 1.165) is 0 Å². The predicted molar refractivity (Wildman–Crippen MR) is 66.4 cm³/mol. The Morgan fingerprint density at radius 3 is 2.53 bits per heavy atom. The smallest absolute Gasteiger partial charge is 0.151 e. The number of nitrogens with two attached hydrogens (primary N) is 1. The van der Waals surface area contributed by atoms with E-state index < -0.39 is 20.9 Å². The monoisotopic (exact) mass is 262 g/mol. The van der Waals surface area contributed by atoms with Crippen LogP contribution in [0.15, 0.2) is 0 Å². The van der Waals surface area contributed by atoms with Crippen molar-refractivity contribution in [2.45, 2.75) is 31.4 Å². The zero-order valence-corrected chi connectivity index (χ0v) is 11.3. The van der Waals surface area contributed by atoms with Gasteiger partial charge in [0, 0.05) is 24.5 Å². The summed E-state index contributed by atoms with van der Waals surface area (Å²) in [5.41, 5.74) is 4.20. The van der Waals surface area contributed by atoms with Crippen LogP contribution in [0.4, 0.5) is 0 Å². The number of nitrogens with zero attached hydrogens (tertiary/aromatic N) is 1. The van der Waals surface area contributed by atoms with Crippen molar-refractivity contribution in [3.8, 4) is 0 Å². The summed E-state index contributed by atoms with van der Waals surface area (Å²) in [6.45, 7) is 2.80. The summed E-state index contributed by atoms with van der Waals surface area (Å²) in [4.78, 5) is 2.07. The average molecular weight is 262 g/mol. The van der Waals surface area contributed by atoms with E-state index in [0.29, 0.717) is 19.4 Å². The molecular weight excluding hydrogens is 240 g/mol. The van der Waals surface area contributed by atoms with Gasteiger partial charge in [0.2, 0.25) is 0 Å². The van der Waals surface area contributed by atoms with Crippen LogP contribution in [0.2, 0.25) is 0 Å². The Balaban J connectivity index is 2.31. The van der Waals surface area contributed by atoms with Crippen LogP contribution in [-0.2, 0) is 9.84 Å². The molecule has 6 heteroatoms. The molecule has 0 spiro atoms. The van der Waals surface area contributed by atoms with Gasteiger partial charge in [0.05, 0.1) is 17.1 Å². The van der Waals surface area contributed by atoms with Crippen molar-refractivity contribution in [3.05, 3.63) is 0 Å². The number of hydrogen-bond acceptors (Lipinski definition) is 5. The SMILES string of the molecule is CC1CC(O)(C2(CN)CCS(=O)(=O)C2)CN1C. The number of β-amino-alcohol motifs (C(OH)–C–C–N with tert-alkyl or cyclic N) is 1. The highest BCUT2D eigenvalue weighted by Gasteiger charge is 2.58. The first kappa shape index (κ1) is 13.3. The molecule has 2 saturated heterocycles. The fraction of sp³-hybridized carbons (Fsp3) is 1.00. The Kier molecular flexibility index (Phi) is 3.05. The summed E-state index contributed by atoms with van der Waals surface area (Å²) < 4.78 is 23.4. The second-order valence-electron chi connectivity index (χ2n) is 5.83. The zero-order valence-electron chi connectivity index (χ0n) is 10.5. The van der Waals surface area contributed by atoms with Gasteiger partial charge >= 0.3 is 0 Å². The summed E-state index contributed by atoms with van der Waals surface area (Å²) in [7, 11) is -1.08. The van der Waals surface area contributed by atoms with E-state index >= 15 is 0 Å². The fourth-order valence-electron chi connectivity index (χ4n) is 3.30. The molecule has 0 saturated carbocycles. The Labute approximate surface area is 103 Å². The molecule has 0 aromatic heterocycles. The second-order valence-corrected chi connectivity index (χ2v) is 8.01. The lowest BCUT2D eigenvalue weighted by molar-refractivity contribution is -0.0573. The summed E-state index contributed by atoms with van der Waals surface area (Å²) in [5.74, 6) is 0.193. The molecule has 3 atom stereocenters. The van der Waals surface area contributed by atoms with Crippen molar-refractivity contribution >= 4 is 9.84 Å². The number of rotatable bonds is 2. The number of hydrogen-bond donors (Lipinski definition) is 2. The molecule has 3 N–H and O–H groups in total. The van der Waals surface area contributed by atoms with Crippen LogP contribution in [0.5, 0.6) is 0 Å². The molecule has 0 radical (unpaired) electrons. The van der Waals surface area contributed by atoms with Gasteiger partial charge < -0.3 is 15.7 Å². The third-order valence-electron chi connectivity index (χ3n) is 4.66. The molecule has 0 bridgehead atoms. The standard InChI is InChI=1S/C11H22N2O3S/c1-9-5-11(14,7-13(9)2)10(6-12)3-4-17(15,16)8-10/h9,14H,3-8,12H2,1-2H3. The van der Waals surface area contributed by atoms with Gasteiger partial charge in [-0.1, -0.05) is 0 Å². The van der Waals surface area contributed by atoms with Crippen molar-refractivity contribution in [2.24, 2.45) is 11.1 Å². The molecule has 5 nitrogen and oxygen atoms in total. The number of aliphatic hydroxyl groups is 1. The van der Waals surface area contributed by atoms with E-state index in [9.17, 15) is 13.5 Å². The van der Waals surface area contributed by atoms with Crippen LogP contribution in [0.3, 0.4) is 0 Å². The van der Waals surface area contributed by atoms with Crippen LogP contribution in [0, 0.1) is 5.41 Å². The van der Waals surface area contributed by atoms with Crippen molar-refractivity contribution in [3.63, 3.8) is 0 Å². The minimum Gasteiger partial charge on any atom is -0.388 e. The molecule has 0 aromatic rings. The van der Waals surface area contributed by atoms with Crippen molar-refractivity contribution in [1.29, 1.82) is 0 Å². The highest BCUT2D eigenvalue weighted by Crippen LogP contribution is 2.47. The largest absolute Gasteiger partial charge is 0.388 e. The molecule has 0 amide bonds. The van der Waals surface area contributed by atoms with Crippen molar-refractivity contribution in [2.75, 3.05) is 31.6 Å². The van der Waals surface area contributed by atoms with E-state index in [1.165, 1.54) is 0 Å². The van der Waals surface area contributed by atoms with Gasteiger partial charge in [-0.3, -0.25) is 0 Å². The predicted octanol–water partition coefficient (Wildman–Crippen LogP) is -0.795. The van der Waals surface area contributed by atoms with E-state index in [2.05, 4.69) is 4.90 Å². The third-order valence-corrected chi connectivity index (χ3v) is 6.48. The lowest BCUT2D eigenvalue weighted by Crippen LogP contribution is -2.55. The topological polar surface area (TPSA) is 83.6 Å². The highest BCUT2D eigenvalue weighted by atomic mass is 32.2. The minimum absolute atomic E-state index is 0.0353. The summed E-state index contributed by atoms with van der Waals surface area (Å²) in [5, 5.41) is 10.8. The maximum Gasteiger partial charge on any atom is 0.151 e. The van der Waals surface area contributed by atoms with Gasteiger partial charge in [-0.05, 0) is 26.8 Å². The van der Waals surface area contributed by atoms with Crippen LogP contribution < -0.4 is 5.73 Å². The maximum absolute atomic E-state index is 11.7. The van der Waals surface area contributed by atoms with Gasteiger partial charge in [0.1, 0.15) is 0 Å². The van der Waals surface area contributed by atoms with Gasteiger partial charge in [-0.15, -0.1) is 0 Å². The van der Waals surface area contributed by atoms with E-state index in [1.54, 1.807) is 0 Å². The summed E-state index contributed by atoms with van der Waals surface area (Å²) in [6.07, 6.45) is 1.10. The number of sulfone groups is 1. The third kappa shape index (κ3) is 2.01. The Morgan fingerprint density at radius 2 is 2.18 bits per heavy atom. The van der Waals surface area contributed by atoms with Crippen LogP contribution in [-0.4, -0.2) is 61.7 Å². The van der Waals surface area contributed by atoms with Gasteiger partial charge in [0.25, 0.3) is 0 Å². The molecule has 17 heavy (non-hydrogen) atoms. The van der Waals surface area contributed by atoms with Gasteiger partial charge in [0.15, 0.2) is 9.84 Å². The molecule has 0 aliphatic carbocycles. The molecule has 2 aliphatic rings. The van der Waals surface area contributed by atoms with Gasteiger partial charge in [-0.25, -0.2) is 8.42 Å². The quantitative estimate of drug-likeness (QED) is 0.681. The highest BCUT2D eigenvalue weighted by molar-refractivity contribution is 7.91. The van der Waals surface area contributed by atoms with Crippen molar-refractivity contribution < 1.29 is 13.5 Å². The zero-order chi connectivity index (χ0) is 12.9. The molecule has 2 aliphatic heterocycles. The Morgan fingerprint density at radius 1 is 1.53 bits per heavy atom. The van der Waals surface area contributed by atoms with Crippen molar-refractivity contribution in [1.82, 2.24) is 4.90 Å². The molecular formula is C11H22N2O3S. The van der Waals surface area contributed by atoms with E-state index in [4.69, 9.17) is 5.73 Å². The number of likely N-dealkylation sites (N-methyl/N-ethyl adjacent to an activating group) is 1. The first-order chi connectivity index (χ1) is 7.74. The normalized spacial score (nSPS) is 46.5. The molecule has 2 rings (SSSR count). The summed E-state index contributed by atoms with van der Waals surface area (Å²) in [6, 6.07) is 0.270. The first-order valence-corrected chi connectivity index (χ1v) is 7.89. The van der Waals surface area contributed by atoms with Gasteiger partial charge in [-0.2, -0.15) is 0 Å². The second kappa shape index (κ2) is 3.91.